The van der Waals surface area contributed by atoms with Crippen molar-refractivity contribution in [2.75, 3.05) is 6.61 Å². The van der Waals surface area contributed by atoms with Gasteiger partial charge in [0.15, 0.2) is 0 Å². The van der Waals surface area contributed by atoms with Crippen molar-refractivity contribution in [2.45, 2.75) is 39.5 Å². The number of ether oxygens (including phenoxy) is 1. The van der Waals surface area contributed by atoms with Crippen molar-refractivity contribution in [1.29, 1.82) is 0 Å². The van der Waals surface area contributed by atoms with Crippen molar-refractivity contribution in [3.8, 4) is 5.75 Å². The molecule has 1 unspecified atom stereocenters. The average molecular weight is 268 g/mol. The van der Waals surface area contributed by atoms with E-state index in [1.165, 1.54) is 6.07 Å². The molecular weight excluding hydrogens is 247 g/mol. The van der Waals surface area contributed by atoms with Gasteiger partial charge in [-0.1, -0.05) is 33.1 Å². The Morgan fingerprint density at radius 3 is 2.74 bits per heavy atom. The second-order valence-electron chi connectivity index (χ2n) is 4.67. The van der Waals surface area contributed by atoms with Crippen LogP contribution in [-0.2, 0) is 0 Å². The van der Waals surface area contributed by atoms with Gasteiger partial charge in [-0.2, -0.15) is 0 Å². The van der Waals surface area contributed by atoms with E-state index in [2.05, 4.69) is 13.8 Å². The first-order chi connectivity index (χ1) is 9.08. The summed E-state index contributed by atoms with van der Waals surface area (Å²) in [6.45, 7) is 4.64. The van der Waals surface area contributed by atoms with E-state index in [-0.39, 0.29) is 11.3 Å². The van der Waals surface area contributed by atoms with Crippen LogP contribution < -0.4 is 4.74 Å². The van der Waals surface area contributed by atoms with Gasteiger partial charge in [-0.15, -0.1) is 0 Å². The summed E-state index contributed by atoms with van der Waals surface area (Å²) in [7, 11) is 0. The van der Waals surface area contributed by atoms with Crippen LogP contribution in [0, 0.1) is 11.7 Å². The molecule has 3 nitrogen and oxygen atoms in total. The molecule has 0 bridgehead atoms. The lowest BCUT2D eigenvalue weighted by Gasteiger charge is -2.16. The Hall–Kier alpha value is -1.58. The summed E-state index contributed by atoms with van der Waals surface area (Å²) in [6, 6.07) is 3.50. The lowest BCUT2D eigenvalue weighted by Crippen LogP contribution is -2.13. The highest BCUT2D eigenvalue weighted by Crippen LogP contribution is 2.22. The van der Waals surface area contributed by atoms with Crippen LogP contribution in [0.5, 0.6) is 5.75 Å². The Bertz CT molecular complexity index is 418. The zero-order valence-electron chi connectivity index (χ0n) is 11.5. The van der Waals surface area contributed by atoms with Crippen LogP contribution in [-0.4, -0.2) is 17.7 Å². The van der Waals surface area contributed by atoms with Gasteiger partial charge in [0.1, 0.15) is 17.1 Å². The first-order valence-electron chi connectivity index (χ1n) is 6.74. The van der Waals surface area contributed by atoms with Gasteiger partial charge >= 0.3 is 5.97 Å². The van der Waals surface area contributed by atoms with Crippen molar-refractivity contribution < 1.29 is 19.0 Å². The highest BCUT2D eigenvalue weighted by atomic mass is 19.1. The van der Waals surface area contributed by atoms with Crippen LogP contribution in [0.2, 0.25) is 0 Å². The Labute approximate surface area is 113 Å². The smallest absolute Gasteiger partial charge is 0.339 e. The maximum absolute atomic E-state index is 13.1. The number of aromatic carboxylic acids is 1. The number of carboxylic acid groups (broad SMARTS) is 1. The van der Waals surface area contributed by atoms with E-state index < -0.39 is 11.8 Å². The number of rotatable bonds is 8. The quantitative estimate of drug-likeness (QED) is 0.771. The molecule has 0 aromatic heterocycles. The summed E-state index contributed by atoms with van der Waals surface area (Å²) in [4.78, 5) is 11.0. The van der Waals surface area contributed by atoms with Crippen LogP contribution in [0.15, 0.2) is 18.2 Å². The second-order valence-corrected chi connectivity index (χ2v) is 4.67. The van der Waals surface area contributed by atoms with Gasteiger partial charge in [-0.05, 0) is 24.5 Å². The predicted molar refractivity (Wildman–Crippen MR) is 72.2 cm³/mol. The summed E-state index contributed by atoms with van der Waals surface area (Å²) < 4.78 is 18.7. The summed E-state index contributed by atoms with van der Waals surface area (Å²) in [5.41, 5.74) is 0.00624. The predicted octanol–water partition coefficient (Wildman–Crippen LogP) is 4.12. The topological polar surface area (TPSA) is 46.5 Å². The highest BCUT2D eigenvalue weighted by Gasteiger charge is 2.14. The van der Waals surface area contributed by atoms with Gasteiger partial charge in [-0.3, -0.25) is 0 Å². The number of carbonyl (C=O) groups is 1. The molecule has 0 radical (unpaired) electrons. The molecule has 0 fully saturated rings. The Balaban J connectivity index is 2.70. The summed E-state index contributed by atoms with van der Waals surface area (Å²) in [5.74, 6) is -1.09. The standard InChI is InChI=1S/C15H21FO3/c1-3-5-6-11(4-2)10-19-14-9-12(16)7-8-13(14)15(17)18/h7-9,11H,3-6,10H2,1-2H3,(H,17,18). The number of carboxylic acids is 1. The fourth-order valence-corrected chi connectivity index (χ4v) is 1.90. The molecule has 1 rings (SSSR count). The van der Waals surface area contributed by atoms with E-state index >= 15 is 0 Å². The second kappa shape index (κ2) is 7.77. The maximum atomic E-state index is 13.1. The first kappa shape index (κ1) is 15.5. The number of unbranched alkanes of at least 4 members (excludes halogenated alkanes) is 1. The van der Waals surface area contributed by atoms with Gasteiger partial charge in [0.25, 0.3) is 0 Å². The molecule has 0 saturated heterocycles. The van der Waals surface area contributed by atoms with Gasteiger partial charge in [0.2, 0.25) is 0 Å². The minimum atomic E-state index is -1.10. The molecule has 1 aromatic carbocycles. The van der Waals surface area contributed by atoms with E-state index in [1.807, 2.05) is 0 Å². The van der Waals surface area contributed by atoms with E-state index in [9.17, 15) is 9.18 Å². The van der Waals surface area contributed by atoms with E-state index in [0.29, 0.717) is 12.5 Å². The SMILES string of the molecule is CCCCC(CC)COc1cc(F)ccc1C(=O)O. The van der Waals surface area contributed by atoms with Gasteiger partial charge in [0, 0.05) is 6.07 Å². The lowest BCUT2D eigenvalue weighted by molar-refractivity contribution is 0.0691. The molecule has 106 valence electrons. The maximum Gasteiger partial charge on any atom is 0.339 e. The summed E-state index contributed by atoms with van der Waals surface area (Å²) in [5, 5.41) is 9.02. The molecule has 1 N–H and O–H groups in total. The number of halogens is 1. The fourth-order valence-electron chi connectivity index (χ4n) is 1.90. The van der Waals surface area contributed by atoms with Gasteiger partial charge in [-0.25, -0.2) is 9.18 Å². The average Bonchev–Trinajstić information content (AvgIpc) is 2.38. The molecular formula is C15H21FO3. The van der Waals surface area contributed by atoms with Crippen molar-refractivity contribution >= 4 is 5.97 Å². The van der Waals surface area contributed by atoms with Gasteiger partial charge < -0.3 is 9.84 Å². The Morgan fingerprint density at radius 2 is 2.16 bits per heavy atom. The van der Waals surface area contributed by atoms with Crippen molar-refractivity contribution in [2.24, 2.45) is 5.92 Å². The fraction of sp³-hybridized carbons (Fsp3) is 0.533. The largest absolute Gasteiger partial charge is 0.492 e. The molecule has 0 spiro atoms. The summed E-state index contributed by atoms with van der Waals surface area (Å²) in [6.07, 6.45) is 4.26. The van der Waals surface area contributed by atoms with Crippen LogP contribution in [0.4, 0.5) is 4.39 Å². The molecule has 0 heterocycles. The molecule has 0 amide bonds. The molecule has 4 heteroatoms. The Morgan fingerprint density at radius 1 is 1.42 bits per heavy atom. The van der Waals surface area contributed by atoms with Gasteiger partial charge in [0.05, 0.1) is 6.61 Å². The van der Waals surface area contributed by atoms with Crippen molar-refractivity contribution in [3.05, 3.63) is 29.6 Å². The van der Waals surface area contributed by atoms with E-state index in [4.69, 9.17) is 9.84 Å². The van der Waals surface area contributed by atoms with Crippen LogP contribution >= 0.6 is 0 Å². The monoisotopic (exact) mass is 268 g/mol. The number of hydrogen-bond donors (Lipinski definition) is 1. The third kappa shape index (κ3) is 4.89. The zero-order valence-corrected chi connectivity index (χ0v) is 11.5. The zero-order chi connectivity index (χ0) is 14.3. The molecule has 1 atom stereocenters. The summed E-state index contributed by atoms with van der Waals surface area (Å²) >= 11 is 0. The molecule has 1 aromatic rings. The minimum absolute atomic E-state index is 0.00624. The lowest BCUT2D eigenvalue weighted by atomic mass is 10.0. The third-order valence-corrected chi connectivity index (χ3v) is 3.19. The highest BCUT2D eigenvalue weighted by molar-refractivity contribution is 5.90. The molecule has 0 aliphatic rings. The molecule has 0 saturated carbocycles. The van der Waals surface area contributed by atoms with E-state index in [1.54, 1.807) is 0 Å². The van der Waals surface area contributed by atoms with Crippen molar-refractivity contribution in [1.82, 2.24) is 0 Å². The number of benzene rings is 1. The Kier molecular flexibility index (Phi) is 6.33. The van der Waals surface area contributed by atoms with Crippen LogP contribution in [0.1, 0.15) is 49.9 Å². The normalized spacial score (nSPS) is 12.2. The van der Waals surface area contributed by atoms with Crippen LogP contribution in [0.25, 0.3) is 0 Å². The van der Waals surface area contributed by atoms with E-state index in [0.717, 1.165) is 37.8 Å². The minimum Gasteiger partial charge on any atom is -0.492 e. The molecule has 19 heavy (non-hydrogen) atoms. The molecule has 0 aliphatic carbocycles. The van der Waals surface area contributed by atoms with Crippen molar-refractivity contribution in [3.63, 3.8) is 0 Å². The first-order valence-corrected chi connectivity index (χ1v) is 6.74. The number of hydrogen-bond acceptors (Lipinski definition) is 2. The molecule has 0 aliphatic heterocycles. The third-order valence-electron chi connectivity index (χ3n) is 3.19. The van der Waals surface area contributed by atoms with Crippen LogP contribution in [0.3, 0.4) is 0 Å².